The van der Waals surface area contributed by atoms with Gasteiger partial charge in [-0.15, -0.1) is 0 Å². The van der Waals surface area contributed by atoms with E-state index < -0.39 is 0 Å². The Balaban J connectivity index is 2.14. The first-order valence-electron chi connectivity index (χ1n) is 6.53. The maximum absolute atomic E-state index is 5.81. The SMILES string of the molecule is CCNCc1cccc(OC)c1OCc1noc(C)n1. The van der Waals surface area contributed by atoms with Gasteiger partial charge in [-0.2, -0.15) is 4.98 Å². The highest BCUT2D eigenvalue weighted by molar-refractivity contribution is 5.46. The van der Waals surface area contributed by atoms with E-state index in [0.29, 0.717) is 29.8 Å². The van der Waals surface area contributed by atoms with Crippen molar-refractivity contribution >= 4 is 0 Å². The molecule has 108 valence electrons. The Kier molecular flexibility index (Phi) is 4.95. The topological polar surface area (TPSA) is 69.4 Å². The third kappa shape index (κ3) is 3.48. The zero-order valence-corrected chi connectivity index (χ0v) is 12.0. The van der Waals surface area contributed by atoms with Crippen molar-refractivity contribution in [3.8, 4) is 11.5 Å². The molecule has 0 aliphatic heterocycles. The fourth-order valence-electron chi connectivity index (χ4n) is 1.82. The van der Waals surface area contributed by atoms with E-state index in [4.69, 9.17) is 14.0 Å². The summed E-state index contributed by atoms with van der Waals surface area (Å²) in [7, 11) is 1.62. The van der Waals surface area contributed by atoms with Gasteiger partial charge in [-0.1, -0.05) is 24.2 Å². The van der Waals surface area contributed by atoms with Crippen LogP contribution in [-0.2, 0) is 13.2 Å². The van der Waals surface area contributed by atoms with E-state index in [0.717, 1.165) is 12.1 Å². The van der Waals surface area contributed by atoms with Gasteiger partial charge in [0.1, 0.15) is 0 Å². The Morgan fingerprint density at radius 3 is 2.85 bits per heavy atom. The van der Waals surface area contributed by atoms with Gasteiger partial charge in [0.05, 0.1) is 7.11 Å². The van der Waals surface area contributed by atoms with E-state index in [9.17, 15) is 0 Å². The van der Waals surface area contributed by atoms with Crippen LogP contribution in [0.15, 0.2) is 22.7 Å². The van der Waals surface area contributed by atoms with Crippen molar-refractivity contribution < 1.29 is 14.0 Å². The van der Waals surface area contributed by atoms with E-state index in [2.05, 4.69) is 22.4 Å². The summed E-state index contributed by atoms with van der Waals surface area (Å²) in [6.45, 7) is 5.66. The minimum Gasteiger partial charge on any atom is -0.493 e. The lowest BCUT2D eigenvalue weighted by molar-refractivity contribution is 0.266. The summed E-state index contributed by atoms with van der Waals surface area (Å²) in [6.07, 6.45) is 0. The van der Waals surface area contributed by atoms with Gasteiger partial charge in [-0.3, -0.25) is 0 Å². The number of benzene rings is 1. The van der Waals surface area contributed by atoms with Gasteiger partial charge in [-0.25, -0.2) is 0 Å². The van der Waals surface area contributed by atoms with Crippen molar-refractivity contribution in [2.45, 2.75) is 27.0 Å². The highest BCUT2D eigenvalue weighted by Gasteiger charge is 2.12. The fourth-order valence-corrected chi connectivity index (χ4v) is 1.82. The summed E-state index contributed by atoms with van der Waals surface area (Å²) in [5.41, 5.74) is 1.03. The molecule has 1 N–H and O–H groups in total. The van der Waals surface area contributed by atoms with Crippen molar-refractivity contribution in [3.05, 3.63) is 35.5 Å². The molecule has 20 heavy (non-hydrogen) atoms. The number of nitrogens with zero attached hydrogens (tertiary/aromatic N) is 2. The molecule has 6 heteroatoms. The molecule has 0 radical (unpaired) electrons. The lowest BCUT2D eigenvalue weighted by Crippen LogP contribution is -2.13. The van der Waals surface area contributed by atoms with Gasteiger partial charge in [0.25, 0.3) is 0 Å². The van der Waals surface area contributed by atoms with Crippen LogP contribution in [0.1, 0.15) is 24.2 Å². The highest BCUT2D eigenvalue weighted by Crippen LogP contribution is 2.31. The van der Waals surface area contributed by atoms with Crippen LogP contribution in [0.3, 0.4) is 0 Å². The van der Waals surface area contributed by atoms with Crippen molar-refractivity contribution in [2.24, 2.45) is 0 Å². The van der Waals surface area contributed by atoms with E-state index >= 15 is 0 Å². The van der Waals surface area contributed by atoms with Crippen molar-refractivity contribution in [3.63, 3.8) is 0 Å². The zero-order valence-electron chi connectivity index (χ0n) is 12.0. The van der Waals surface area contributed by atoms with Crippen LogP contribution in [0.4, 0.5) is 0 Å². The Hall–Kier alpha value is -2.08. The van der Waals surface area contributed by atoms with Crippen LogP contribution >= 0.6 is 0 Å². The third-order valence-electron chi connectivity index (χ3n) is 2.76. The van der Waals surface area contributed by atoms with Crippen molar-refractivity contribution in [1.29, 1.82) is 0 Å². The number of para-hydroxylation sites is 1. The lowest BCUT2D eigenvalue weighted by Gasteiger charge is -2.14. The molecule has 2 rings (SSSR count). The van der Waals surface area contributed by atoms with Gasteiger partial charge in [-0.05, 0) is 12.6 Å². The average Bonchev–Trinajstić information content (AvgIpc) is 2.88. The first-order valence-corrected chi connectivity index (χ1v) is 6.53. The molecule has 0 saturated heterocycles. The molecule has 1 aromatic carbocycles. The van der Waals surface area contributed by atoms with E-state index in [-0.39, 0.29) is 6.61 Å². The molecule has 6 nitrogen and oxygen atoms in total. The summed E-state index contributed by atoms with van der Waals surface area (Å²) >= 11 is 0. The molecule has 0 spiro atoms. The van der Waals surface area contributed by atoms with Crippen LogP contribution in [0.5, 0.6) is 11.5 Å². The van der Waals surface area contributed by atoms with Crippen LogP contribution in [-0.4, -0.2) is 23.8 Å². The Morgan fingerprint density at radius 1 is 1.35 bits per heavy atom. The molecule has 0 aliphatic carbocycles. The number of methoxy groups -OCH3 is 1. The number of aromatic nitrogens is 2. The summed E-state index contributed by atoms with van der Waals surface area (Å²) in [6, 6.07) is 5.81. The Morgan fingerprint density at radius 2 is 2.20 bits per heavy atom. The van der Waals surface area contributed by atoms with Gasteiger partial charge < -0.3 is 19.3 Å². The molecule has 0 fully saturated rings. The second-order valence-corrected chi connectivity index (χ2v) is 4.25. The third-order valence-corrected chi connectivity index (χ3v) is 2.76. The number of aryl methyl sites for hydroxylation is 1. The molecule has 0 bridgehead atoms. The smallest absolute Gasteiger partial charge is 0.223 e. The van der Waals surface area contributed by atoms with Gasteiger partial charge >= 0.3 is 0 Å². The number of nitrogens with one attached hydrogen (secondary N) is 1. The maximum atomic E-state index is 5.81. The molecular weight excluding hydrogens is 258 g/mol. The highest BCUT2D eigenvalue weighted by atomic mass is 16.5. The van der Waals surface area contributed by atoms with Crippen molar-refractivity contribution in [2.75, 3.05) is 13.7 Å². The van der Waals surface area contributed by atoms with E-state index in [1.807, 2.05) is 18.2 Å². The quantitative estimate of drug-likeness (QED) is 0.835. The second kappa shape index (κ2) is 6.91. The summed E-state index contributed by atoms with van der Waals surface area (Å²) in [5, 5.41) is 7.08. The molecule has 0 aliphatic rings. The fraction of sp³-hybridized carbons (Fsp3) is 0.429. The lowest BCUT2D eigenvalue weighted by atomic mass is 10.2. The van der Waals surface area contributed by atoms with Gasteiger partial charge in [0.15, 0.2) is 18.1 Å². The predicted octanol–water partition coefficient (Wildman–Crippen LogP) is 2.08. The molecule has 0 atom stereocenters. The van der Waals surface area contributed by atoms with Crippen LogP contribution in [0.2, 0.25) is 0 Å². The van der Waals surface area contributed by atoms with Gasteiger partial charge in [0, 0.05) is 19.0 Å². The van der Waals surface area contributed by atoms with Crippen LogP contribution < -0.4 is 14.8 Å². The Bertz CT molecular complexity index is 554. The molecule has 0 amide bonds. The first-order chi connectivity index (χ1) is 9.74. The monoisotopic (exact) mass is 277 g/mol. The summed E-state index contributed by atoms with van der Waals surface area (Å²) < 4.78 is 16.1. The normalized spacial score (nSPS) is 10.6. The van der Waals surface area contributed by atoms with E-state index in [1.165, 1.54) is 0 Å². The molecule has 1 heterocycles. The molecule has 0 unspecified atom stereocenters. The molecular formula is C14H19N3O3. The van der Waals surface area contributed by atoms with E-state index in [1.54, 1.807) is 14.0 Å². The van der Waals surface area contributed by atoms with Gasteiger partial charge in [0.2, 0.25) is 11.7 Å². The summed E-state index contributed by atoms with van der Waals surface area (Å²) in [5.74, 6) is 2.44. The number of hydrogen-bond acceptors (Lipinski definition) is 6. The standard InChI is InChI=1S/C14H19N3O3/c1-4-15-8-11-6-5-7-12(18-3)14(11)19-9-13-16-10(2)20-17-13/h5-7,15H,4,8-9H2,1-3H3. The average molecular weight is 277 g/mol. The Labute approximate surface area is 118 Å². The number of hydrogen-bond donors (Lipinski definition) is 1. The first kappa shape index (κ1) is 14.3. The molecule has 1 aromatic heterocycles. The maximum Gasteiger partial charge on any atom is 0.223 e. The molecule has 2 aromatic rings. The second-order valence-electron chi connectivity index (χ2n) is 4.25. The number of rotatable bonds is 7. The summed E-state index contributed by atoms with van der Waals surface area (Å²) in [4.78, 5) is 4.11. The molecule has 0 saturated carbocycles. The van der Waals surface area contributed by atoms with Crippen LogP contribution in [0, 0.1) is 6.92 Å². The predicted molar refractivity (Wildman–Crippen MR) is 73.7 cm³/mol. The number of ether oxygens (including phenoxy) is 2. The minimum atomic E-state index is 0.247. The van der Waals surface area contributed by atoms with Crippen LogP contribution in [0.25, 0.3) is 0 Å². The van der Waals surface area contributed by atoms with Crippen molar-refractivity contribution in [1.82, 2.24) is 15.5 Å². The zero-order chi connectivity index (χ0) is 14.4. The minimum absolute atomic E-state index is 0.247. The largest absolute Gasteiger partial charge is 0.493 e.